The van der Waals surface area contributed by atoms with Crippen LogP contribution in [0.2, 0.25) is 0 Å². The third-order valence-corrected chi connectivity index (χ3v) is 1.77. The van der Waals surface area contributed by atoms with E-state index in [1.54, 1.807) is 12.1 Å². The highest BCUT2D eigenvalue weighted by Gasteiger charge is 1.88. The van der Waals surface area contributed by atoms with Crippen LogP contribution in [0.1, 0.15) is 0 Å². The van der Waals surface area contributed by atoms with Crippen LogP contribution in [-0.4, -0.2) is 6.09 Å². The van der Waals surface area contributed by atoms with Gasteiger partial charge in [0.2, 0.25) is 0 Å². The SMILES string of the molecule is O=C([O-])NSc1ccccc1. The minimum atomic E-state index is -1.28. The Balaban J connectivity index is 2.45. The highest BCUT2D eigenvalue weighted by molar-refractivity contribution is 7.98. The van der Waals surface area contributed by atoms with E-state index in [2.05, 4.69) is 4.72 Å². The van der Waals surface area contributed by atoms with Crippen LogP contribution >= 0.6 is 11.9 Å². The highest BCUT2D eigenvalue weighted by atomic mass is 32.2. The number of amides is 1. The molecular formula is C7H6NO2S-. The minimum absolute atomic E-state index is 0.844. The van der Waals surface area contributed by atoms with Crippen molar-refractivity contribution in [3.8, 4) is 0 Å². The van der Waals surface area contributed by atoms with Gasteiger partial charge in [0.05, 0.1) is 0 Å². The molecule has 3 nitrogen and oxygen atoms in total. The largest absolute Gasteiger partial charge is 0.529 e. The second kappa shape index (κ2) is 3.88. The van der Waals surface area contributed by atoms with Crippen molar-refractivity contribution in [2.45, 2.75) is 4.90 Å². The molecule has 0 radical (unpaired) electrons. The molecule has 4 heteroatoms. The van der Waals surface area contributed by atoms with Crippen LogP contribution in [0.25, 0.3) is 0 Å². The standard InChI is InChI=1S/C7H7NO2S/c9-7(10)8-11-6-4-2-1-3-5-6/h1-5,8H,(H,9,10)/p-1. The fourth-order valence-electron chi connectivity index (χ4n) is 0.589. The maximum atomic E-state index is 9.93. The highest BCUT2D eigenvalue weighted by Crippen LogP contribution is 2.11. The average Bonchev–Trinajstić information content (AvgIpc) is 2.03. The van der Waals surface area contributed by atoms with Crippen molar-refractivity contribution in [3.63, 3.8) is 0 Å². The van der Waals surface area contributed by atoms with Crippen LogP contribution in [0.5, 0.6) is 0 Å². The number of benzene rings is 1. The Morgan fingerprint density at radius 2 is 2.00 bits per heavy atom. The van der Waals surface area contributed by atoms with Gasteiger partial charge in [-0.25, -0.2) is 0 Å². The van der Waals surface area contributed by atoms with Gasteiger partial charge in [-0.15, -0.1) is 0 Å². The van der Waals surface area contributed by atoms with Gasteiger partial charge in [0, 0.05) is 4.90 Å². The molecule has 1 amide bonds. The number of hydrogen-bond acceptors (Lipinski definition) is 3. The van der Waals surface area contributed by atoms with E-state index in [-0.39, 0.29) is 0 Å². The first-order valence-electron chi connectivity index (χ1n) is 2.98. The molecule has 0 saturated carbocycles. The topological polar surface area (TPSA) is 52.2 Å². The second-order valence-electron chi connectivity index (χ2n) is 1.80. The van der Waals surface area contributed by atoms with Crippen molar-refractivity contribution < 1.29 is 9.90 Å². The van der Waals surface area contributed by atoms with Crippen LogP contribution in [0.3, 0.4) is 0 Å². The van der Waals surface area contributed by atoms with Gasteiger partial charge in [0.25, 0.3) is 0 Å². The quantitative estimate of drug-likeness (QED) is 0.659. The Bertz CT molecular complexity index is 237. The molecule has 0 saturated heterocycles. The summed E-state index contributed by atoms with van der Waals surface area (Å²) in [6.07, 6.45) is -1.28. The molecule has 58 valence electrons. The number of carboxylic acid groups (broad SMARTS) is 1. The molecule has 1 aromatic rings. The molecule has 0 unspecified atom stereocenters. The Morgan fingerprint density at radius 3 is 2.55 bits per heavy atom. The predicted molar refractivity (Wildman–Crippen MR) is 40.8 cm³/mol. The summed E-state index contributed by atoms with van der Waals surface area (Å²) < 4.78 is 2.08. The number of nitrogens with one attached hydrogen (secondary N) is 1. The molecule has 0 aliphatic rings. The summed E-state index contributed by atoms with van der Waals surface area (Å²) in [5.74, 6) is 0. The molecule has 0 fully saturated rings. The van der Waals surface area contributed by atoms with Crippen LogP contribution < -0.4 is 9.83 Å². The first-order chi connectivity index (χ1) is 5.29. The van der Waals surface area contributed by atoms with Crippen LogP contribution in [0.4, 0.5) is 4.79 Å². The molecule has 1 rings (SSSR count). The zero-order valence-corrected chi connectivity index (χ0v) is 6.43. The van der Waals surface area contributed by atoms with Crippen LogP contribution in [0, 0.1) is 0 Å². The van der Waals surface area contributed by atoms with Crippen molar-refractivity contribution in [2.75, 3.05) is 0 Å². The molecule has 0 heterocycles. The Morgan fingerprint density at radius 1 is 1.36 bits per heavy atom. The van der Waals surface area contributed by atoms with E-state index in [4.69, 9.17) is 0 Å². The number of carbonyl (C=O) groups is 1. The molecule has 0 atom stereocenters. The van der Waals surface area contributed by atoms with Crippen molar-refractivity contribution >= 4 is 18.0 Å². The van der Waals surface area contributed by atoms with E-state index in [9.17, 15) is 9.90 Å². The number of carbonyl (C=O) groups excluding carboxylic acids is 1. The molecule has 11 heavy (non-hydrogen) atoms. The maximum Gasteiger partial charge on any atom is 0.144 e. The summed E-state index contributed by atoms with van der Waals surface area (Å²) >= 11 is 1.02. The lowest BCUT2D eigenvalue weighted by Crippen LogP contribution is -2.31. The minimum Gasteiger partial charge on any atom is -0.529 e. The first-order valence-corrected chi connectivity index (χ1v) is 3.79. The fraction of sp³-hybridized carbons (Fsp3) is 0. The Hall–Kier alpha value is -1.16. The average molecular weight is 168 g/mol. The number of hydrogen-bond donors (Lipinski definition) is 1. The smallest absolute Gasteiger partial charge is 0.144 e. The Kier molecular flexibility index (Phi) is 2.80. The van der Waals surface area contributed by atoms with Crippen LogP contribution in [0.15, 0.2) is 35.2 Å². The third kappa shape index (κ3) is 2.95. The summed E-state index contributed by atoms with van der Waals surface area (Å²) in [6, 6.07) is 9.14. The van der Waals surface area contributed by atoms with Gasteiger partial charge in [0.1, 0.15) is 6.09 Å². The van der Waals surface area contributed by atoms with Crippen molar-refractivity contribution in [1.29, 1.82) is 0 Å². The summed E-state index contributed by atoms with van der Waals surface area (Å²) in [5.41, 5.74) is 0. The molecule has 1 aromatic carbocycles. The van der Waals surface area contributed by atoms with Gasteiger partial charge >= 0.3 is 0 Å². The maximum absolute atomic E-state index is 9.93. The monoisotopic (exact) mass is 168 g/mol. The van der Waals surface area contributed by atoms with Gasteiger partial charge in [-0.2, -0.15) is 0 Å². The zero-order chi connectivity index (χ0) is 8.10. The second-order valence-corrected chi connectivity index (χ2v) is 2.68. The van der Waals surface area contributed by atoms with Crippen molar-refractivity contribution in [3.05, 3.63) is 30.3 Å². The molecule has 0 aliphatic heterocycles. The van der Waals surface area contributed by atoms with Gasteiger partial charge in [-0.3, -0.25) is 0 Å². The van der Waals surface area contributed by atoms with E-state index < -0.39 is 6.09 Å². The lowest BCUT2D eigenvalue weighted by molar-refractivity contribution is -0.247. The zero-order valence-electron chi connectivity index (χ0n) is 5.61. The lowest BCUT2D eigenvalue weighted by Gasteiger charge is -2.03. The molecule has 0 spiro atoms. The summed E-state index contributed by atoms with van der Waals surface area (Å²) in [6.45, 7) is 0. The number of rotatable bonds is 2. The van der Waals surface area contributed by atoms with Crippen LogP contribution in [-0.2, 0) is 0 Å². The normalized spacial score (nSPS) is 9.09. The van der Waals surface area contributed by atoms with Gasteiger partial charge in [-0.1, -0.05) is 18.2 Å². The van der Waals surface area contributed by atoms with E-state index in [0.29, 0.717) is 0 Å². The molecule has 0 aliphatic carbocycles. The van der Waals surface area contributed by atoms with Gasteiger partial charge in [-0.05, 0) is 24.1 Å². The summed E-state index contributed by atoms with van der Waals surface area (Å²) in [4.78, 5) is 10.8. The lowest BCUT2D eigenvalue weighted by atomic mass is 10.4. The van der Waals surface area contributed by atoms with E-state index in [0.717, 1.165) is 16.8 Å². The van der Waals surface area contributed by atoms with E-state index in [1.165, 1.54) is 0 Å². The van der Waals surface area contributed by atoms with Gasteiger partial charge < -0.3 is 14.6 Å². The molecule has 0 aromatic heterocycles. The fourth-order valence-corrected chi connectivity index (χ4v) is 1.08. The molecule has 1 N–H and O–H groups in total. The van der Waals surface area contributed by atoms with Crippen molar-refractivity contribution in [1.82, 2.24) is 4.72 Å². The van der Waals surface area contributed by atoms with E-state index >= 15 is 0 Å². The van der Waals surface area contributed by atoms with Gasteiger partial charge in [0.15, 0.2) is 0 Å². The predicted octanol–water partition coefficient (Wildman–Crippen LogP) is 0.627. The van der Waals surface area contributed by atoms with E-state index in [1.807, 2.05) is 18.2 Å². The third-order valence-electron chi connectivity index (χ3n) is 0.995. The first kappa shape index (κ1) is 7.94. The van der Waals surface area contributed by atoms with Crippen molar-refractivity contribution in [2.24, 2.45) is 0 Å². The Labute approximate surface area is 68.6 Å². The molecular weight excluding hydrogens is 162 g/mol. The summed E-state index contributed by atoms with van der Waals surface area (Å²) in [7, 11) is 0. The molecule has 0 bridgehead atoms. The summed E-state index contributed by atoms with van der Waals surface area (Å²) in [5, 5.41) is 9.93.